The summed E-state index contributed by atoms with van der Waals surface area (Å²) in [4.78, 5) is 17.1. The van der Waals surface area contributed by atoms with Crippen LogP contribution in [0.15, 0.2) is 36.7 Å². The van der Waals surface area contributed by atoms with Gasteiger partial charge in [-0.05, 0) is 32.4 Å². The van der Waals surface area contributed by atoms with Crippen LogP contribution in [-0.2, 0) is 0 Å². The summed E-state index contributed by atoms with van der Waals surface area (Å²) in [5, 5.41) is 6.44. The standard InChI is InChI=1S/C18H20N6O/c1-11-6-5-7-14(18(11)25-4)23-15-9-16(20-10-19-15)24-17-8-12(2)21-13(3)22-17/h5-10H,1-4H3,(H2,19,20,21,22,23,24). The number of aryl methyl sites for hydroxylation is 3. The molecule has 0 aliphatic heterocycles. The molecule has 0 saturated carbocycles. The topological polar surface area (TPSA) is 84.9 Å². The molecule has 25 heavy (non-hydrogen) atoms. The quantitative estimate of drug-likeness (QED) is 0.735. The van der Waals surface area contributed by atoms with E-state index in [1.54, 1.807) is 7.11 Å². The lowest BCUT2D eigenvalue weighted by molar-refractivity contribution is 0.413. The maximum Gasteiger partial charge on any atom is 0.145 e. The number of rotatable bonds is 5. The number of ether oxygens (including phenoxy) is 1. The van der Waals surface area contributed by atoms with Gasteiger partial charge in [-0.15, -0.1) is 0 Å². The number of hydrogen-bond donors (Lipinski definition) is 2. The van der Waals surface area contributed by atoms with Crippen LogP contribution < -0.4 is 15.4 Å². The maximum absolute atomic E-state index is 5.46. The second-order valence-corrected chi connectivity index (χ2v) is 5.64. The largest absolute Gasteiger partial charge is 0.494 e. The zero-order chi connectivity index (χ0) is 17.8. The SMILES string of the molecule is COc1c(C)cccc1Nc1cc(Nc2cc(C)nc(C)n2)ncn1. The molecule has 2 N–H and O–H groups in total. The van der Waals surface area contributed by atoms with E-state index in [0.717, 1.165) is 22.7 Å². The number of nitrogens with one attached hydrogen (secondary N) is 2. The van der Waals surface area contributed by atoms with Gasteiger partial charge < -0.3 is 15.4 Å². The van der Waals surface area contributed by atoms with Crippen LogP contribution in [0.5, 0.6) is 5.75 Å². The molecule has 7 heteroatoms. The highest BCUT2D eigenvalue weighted by molar-refractivity contribution is 5.68. The van der Waals surface area contributed by atoms with Crippen molar-refractivity contribution in [1.29, 1.82) is 0 Å². The van der Waals surface area contributed by atoms with Gasteiger partial charge in [0, 0.05) is 17.8 Å². The second-order valence-electron chi connectivity index (χ2n) is 5.64. The normalized spacial score (nSPS) is 10.4. The first kappa shape index (κ1) is 16.6. The van der Waals surface area contributed by atoms with Crippen molar-refractivity contribution in [3.05, 3.63) is 53.7 Å². The number of methoxy groups -OCH3 is 1. The fourth-order valence-corrected chi connectivity index (χ4v) is 2.57. The summed E-state index contributed by atoms with van der Waals surface area (Å²) in [6.07, 6.45) is 1.49. The second kappa shape index (κ2) is 7.12. The van der Waals surface area contributed by atoms with E-state index in [9.17, 15) is 0 Å². The van der Waals surface area contributed by atoms with Crippen LogP contribution in [0.3, 0.4) is 0 Å². The summed E-state index contributed by atoms with van der Waals surface area (Å²) in [5.41, 5.74) is 2.79. The lowest BCUT2D eigenvalue weighted by Crippen LogP contribution is -2.02. The van der Waals surface area contributed by atoms with Crippen molar-refractivity contribution in [1.82, 2.24) is 19.9 Å². The lowest BCUT2D eigenvalue weighted by atomic mass is 10.2. The number of para-hydroxylation sites is 1. The molecule has 0 atom stereocenters. The highest BCUT2D eigenvalue weighted by Gasteiger charge is 2.08. The Morgan fingerprint density at radius 3 is 2.36 bits per heavy atom. The molecule has 3 aromatic rings. The summed E-state index contributed by atoms with van der Waals surface area (Å²) in [5.74, 6) is 3.49. The molecule has 0 fully saturated rings. The third-order valence-corrected chi connectivity index (χ3v) is 3.57. The molecule has 7 nitrogen and oxygen atoms in total. The Hall–Kier alpha value is -3.22. The third-order valence-electron chi connectivity index (χ3n) is 3.57. The van der Waals surface area contributed by atoms with E-state index in [1.807, 2.05) is 51.1 Å². The van der Waals surface area contributed by atoms with Gasteiger partial charge in [0.15, 0.2) is 0 Å². The van der Waals surface area contributed by atoms with Gasteiger partial charge in [-0.1, -0.05) is 12.1 Å². The van der Waals surface area contributed by atoms with Crippen LogP contribution >= 0.6 is 0 Å². The molecule has 0 unspecified atom stereocenters. The molecular weight excluding hydrogens is 316 g/mol. The molecule has 0 amide bonds. The van der Waals surface area contributed by atoms with Crippen molar-refractivity contribution < 1.29 is 4.74 Å². The average molecular weight is 336 g/mol. The van der Waals surface area contributed by atoms with E-state index in [1.165, 1.54) is 6.33 Å². The molecule has 128 valence electrons. The van der Waals surface area contributed by atoms with Gasteiger partial charge in [0.25, 0.3) is 0 Å². The summed E-state index contributed by atoms with van der Waals surface area (Å²) in [7, 11) is 1.65. The number of benzene rings is 1. The molecule has 2 aromatic heterocycles. The molecule has 3 rings (SSSR count). The van der Waals surface area contributed by atoms with Crippen molar-refractivity contribution in [2.45, 2.75) is 20.8 Å². The number of anilines is 4. The van der Waals surface area contributed by atoms with Crippen molar-refractivity contribution in [3.8, 4) is 5.75 Å². The van der Waals surface area contributed by atoms with Crippen LogP contribution in [0.4, 0.5) is 23.1 Å². The zero-order valence-electron chi connectivity index (χ0n) is 14.7. The van der Waals surface area contributed by atoms with Crippen LogP contribution in [0, 0.1) is 20.8 Å². The Balaban J connectivity index is 1.83. The Morgan fingerprint density at radius 2 is 1.64 bits per heavy atom. The third kappa shape index (κ3) is 4.00. The highest BCUT2D eigenvalue weighted by atomic mass is 16.5. The predicted octanol–water partition coefficient (Wildman–Crippen LogP) is 3.69. The van der Waals surface area contributed by atoms with Gasteiger partial charge >= 0.3 is 0 Å². The van der Waals surface area contributed by atoms with Gasteiger partial charge in [0.05, 0.1) is 12.8 Å². The smallest absolute Gasteiger partial charge is 0.145 e. The summed E-state index contributed by atoms with van der Waals surface area (Å²) in [6, 6.07) is 9.59. The average Bonchev–Trinajstić information content (AvgIpc) is 2.54. The van der Waals surface area contributed by atoms with Crippen molar-refractivity contribution in [2.75, 3.05) is 17.7 Å². The Kier molecular flexibility index (Phi) is 4.74. The minimum absolute atomic E-state index is 0.640. The van der Waals surface area contributed by atoms with Gasteiger partial charge in [-0.3, -0.25) is 0 Å². The fourth-order valence-electron chi connectivity index (χ4n) is 2.57. The van der Waals surface area contributed by atoms with Crippen LogP contribution in [0.25, 0.3) is 0 Å². The Labute approximate surface area is 146 Å². The van der Waals surface area contributed by atoms with E-state index in [4.69, 9.17) is 4.74 Å². The molecule has 0 radical (unpaired) electrons. The molecule has 0 saturated heterocycles. The van der Waals surface area contributed by atoms with E-state index >= 15 is 0 Å². The first-order chi connectivity index (χ1) is 12.0. The van der Waals surface area contributed by atoms with Gasteiger partial charge in [-0.2, -0.15) is 0 Å². The van der Waals surface area contributed by atoms with E-state index < -0.39 is 0 Å². The van der Waals surface area contributed by atoms with Crippen molar-refractivity contribution >= 4 is 23.1 Å². The number of nitrogens with zero attached hydrogens (tertiary/aromatic N) is 4. The molecule has 0 aliphatic rings. The zero-order valence-corrected chi connectivity index (χ0v) is 14.7. The van der Waals surface area contributed by atoms with Crippen molar-refractivity contribution in [3.63, 3.8) is 0 Å². The first-order valence-corrected chi connectivity index (χ1v) is 7.87. The fraction of sp³-hybridized carbons (Fsp3) is 0.222. The van der Waals surface area contributed by atoms with Gasteiger partial charge in [-0.25, -0.2) is 19.9 Å². The van der Waals surface area contributed by atoms with Crippen LogP contribution in [-0.4, -0.2) is 27.0 Å². The minimum Gasteiger partial charge on any atom is -0.494 e. The molecule has 0 aliphatic carbocycles. The van der Waals surface area contributed by atoms with E-state index in [-0.39, 0.29) is 0 Å². The monoisotopic (exact) mass is 336 g/mol. The molecule has 1 aromatic carbocycles. The van der Waals surface area contributed by atoms with Gasteiger partial charge in [0.2, 0.25) is 0 Å². The van der Waals surface area contributed by atoms with Crippen LogP contribution in [0.1, 0.15) is 17.1 Å². The predicted molar refractivity (Wildman–Crippen MR) is 97.8 cm³/mol. The first-order valence-electron chi connectivity index (χ1n) is 7.87. The van der Waals surface area contributed by atoms with Crippen molar-refractivity contribution in [2.24, 2.45) is 0 Å². The Bertz CT molecular complexity index is 876. The lowest BCUT2D eigenvalue weighted by Gasteiger charge is -2.13. The highest BCUT2D eigenvalue weighted by Crippen LogP contribution is 2.30. The molecule has 0 spiro atoms. The number of hydrogen-bond acceptors (Lipinski definition) is 7. The summed E-state index contributed by atoms with van der Waals surface area (Å²) in [6.45, 7) is 5.78. The molecule has 0 bridgehead atoms. The Morgan fingerprint density at radius 1 is 0.880 bits per heavy atom. The molecule has 2 heterocycles. The summed E-state index contributed by atoms with van der Waals surface area (Å²) < 4.78 is 5.46. The number of aromatic nitrogens is 4. The van der Waals surface area contributed by atoms with Gasteiger partial charge in [0.1, 0.15) is 35.4 Å². The molecular formula is C18H20N6O. The van der Waals surface area contributed by atoms with E-state index in [0.29, 0.717) is 23.3 Å². The minimum atomic E-state index is 0.640. The summed E-state index contributed by atoms with van der Waals surface area (Å²) >= 11 is 0. The maximum atomic E-state index is 5.46. The van der Waals surface area contributed by atoms with E-state index in [2.05, 4.69) is 30.6 Å². The van der Waals surface area contributed by atoms with Crippen LogP contribution in [0.2, 0.25) is 0 Å².